The van der Waals surface area contributed by atoms with E-state index in [2.05, 4.69) is 4.98 Å². The van der Waals surface area contributed by atoms with Crippen LogP contribution in [0.5, 0.6) is 0 Å². The summed E-state index contributed by atoms with van der Waals surface area (Å²) in [5.41, 5.74) is 4.60. The highest BCUT2D eigenvalue weighted by molar-refractivity contribution is 8.16. The number of aliphatic hydroxyl groups excluding tert-OH is 2. The second-order valence-electron chi connectivity index (χ2n) is 4.42. The van der Waals surface area contributed by atoms with Gasteiger partial charge in [-0.3, -0.25) is 4.57 Å². The highest BCUT2D eigenvalue weighted by Gasteiger charge is 2.44. The molecule has 0 saturated carbocycles. The van der Waals surface area contributed by atoms with E-state index in [9.17, 15) is 15.0 Å². The van der Waals surface area contributed by atoms with Crippen LogP contribution in [0.25, 0.3) is 0 Å². The number of anilines is 1. The highest BCUT2D eigenvalue weighted by Crippen LogP contribution is 2.38. The van der Waals surface area contributed by atoms with Crippen LogP contribution in [0.3, 0.4) is 0 Å². The van der Waals surface area contributed by atoms with E-state index in [1.807, 2.05) is 0 Å². The Labute approximate surface area is 122 Å². The van der Waals surface area contributed by atoms with Crippen molar-refractivity contribution in [1.29, 1.82) is 0 Å². The third-order valence-corrected chi connectivity index (χ3v) is 5.88. The van der Waals surface area contributed by atoms with Crippen LogP contribution in [0.4, 0.5) is 5.82 Å². The molecular formula is C9H16N3O7PS. The number of hydrogen-bond donors (Lipinski definition) is 7. The molecule has 4 atom stereocenters. The Morgan fingerprint density at radius 3 is 2.67 bits per heavy atom. The van der Waals surface area contributed by atoms with Crippen LogP contribution >= 0.6 is 6.72 Å². The van der Waals surface area contributed by atoms with Gasteiger partial charge in [0.15, 0.2) is 6.23 Å². The average Bonchev–Trinajstić information content (AvgIpc) is 2.65. The molecule has 2 rings (SSSR count). The normalized spacial score (nSPS) is 29.8. The van der Waals surface area contributed by atoms with Crippen LogP contribution in [0.1, 0.15) is 6.23 Å². The molecule has 0 amide bonds. The Morgan fingerprint density at radius 2 is 2.14 bits per heavy atom. The van der Waals surface area contributed by atoms with Crippen LogP contribution in [0.15, 0.2) is 17.1 Å². The number of aliphatic hydroxyl groups is 2. The van der Waals surface area contributed by atoms with Gasteiger partial charge in [0.2, 0.25) is 0 Å². The Balaban J connectivity index is 2.38. The van der Waals surface area contributed by atoms with E-state index in [0.717, 1.165) is 4.57 Å². The van der Waals surface area contributed by atoms with Gasteiger partial charge in [0.25, 0.3) is 6.72 Å². The maximum atomic E-state index is 11.7. The quantitative estimate of drug-likeness (QED) is 0.222. The highest BCUT2D eigenvalue weighted by atomic mass is 32.5. The van der Waals surface area contributed by atoms with E-state index in [0.29, 0.717) is 0 Å². The van der Waals surface area contributed by atoms with Gasteiger partial charge in [-0.1, -0.05) is 0 Å². The predicted octanol–water partition coefficient (Wildman–Crippen LogP) is -3.09. The van der Waals surface area contributed by atoms with E-state index in [4.69, 9.17) is 25.2 Å². The second-order valence-corrected chi connectivity index (χ2v) is 8.63. The molecule has 0 aliphatic carbocycles. The van der Waals surface area contributed by atoms with E-state index in [1.54, 1.807) is 0 Å². The van der Waals surface area contributed by atoms with Gasteiger partial charge in [-0.05, 0) is 6.07 Å². The summed E-state index contributed by atoms with van der Waals surface area (Å²) < 4.78 is 6.33. The zero-order chi connectivity index (χ0) is 15.8. The van der Waals surface area contributed by atoms with Crippen molar-refractivity contribution >= 4 is 23.5 Å². The standard InChI is InChI=1S/C9H16N3O7PS/c10-5-1-2-12(9(15)11-5)8-6(14)7(4(3-13)19-8)21-20(16,17)18/h1-2,4,6-8,13-14,16-18,21H,3H2,(H2,10,11,15)/t4-,6+,7-,8-/m1/s1. The molecule has 0 aromatic carbocycles. The monoisotopic (exact) mass is 341 g/mol. The van der Waals surface area contributed by atoms with Gasteiger partial charge in [-0.25, -0.2) is 4.79 Å². The van der Waals surface area contributed by atoms with Crippen molar-refractivity contribution in [3.8, 4) is 0 Å². The van der Waals surface area contributed by atoms with Crippen molar-refractivity contribution < 1.29 is 29.6 Å². The lowest BCUT2D eigenvalue weighted by Crippen LogP contribution is -2.36. The van der Waals surface area contributed by atoms with Crippen LogP contribution in [0, 0.1) is 0 Å². The van der Waals surface area contributed by atoms with E-state index >= 15 is 0 Å². The molecular weight excluding hydrogens is 325 g/mol. The lowest BCUT2D eigenvalue weighted by molar-refractivity contribution is -0.0529. The number of nitrogens with two attached hydrogens (primary N) is 1. The molecule has 0 radical (unpaired) electrons. The minimum atomic E-state index is -4.19. The summed E-state index contributed by atoms with van der Waals surface area (Å²) >= 11 is 0. The summed E-state index contributed by atoms with van der Waals surface area (Å²) in [7, 11) is -0.267. The summed E-state index contributed by atoms with van der Waals surface area (Å²) in [4.78, 5) is 42.6. The number of nitrogens with zero attached hydrogens (tertiary/aromatic N) is 2. The number of aromatic nitrogens is 2. The molecule has 21 heavy (non-hydrogen) atoms. The third-order valence-electron chi connectivity index (χ3n) is 2.93. The Hall–Kier alpha value is -0.780. The van der Waals surface area contributed by atoms with Crippen LogP contribution in [-0.2, 0) is 15.7 Å². The maximum absolute atomic E-state index is 11.7. The number of nitrogen functional groups attached to an aromatic ring is 1. The first kappa shape index (κ1) is 16.6. The number of rotatable bonds is 3. The molecule has 1 aromatic heterocycles. The summed E-state index contributed by atoms with van der Waals surface area (Å²) in [6, 6.07) is 1.33. The fourth-order valence-corrected chi connectivity index (χ4v) is 4.94. The van der Waals surface area contributed by atoms with Gasteiger partial charge >= 0.3 is 5.69 Å². The Kier molecular flexibility index (Phi) is 4.85. The van der Waals surface area contributed by atoms with Gasteiger partial charge in [0.05, 0.1) is 18.0 Å². The molecule has 12 heteroatoms. The molecule has 1 aliphatic heterocycles. The second kappa shape index (κ2) is 6.15. The number of thiol groups is 1. The number of ether oxygens (including phenoxy) is 1. The van der Waals surface area contributed by atoms with Crippen molar-refractivity contribution in [1.82, 2.24) is 9.55 Å². The minimum absolute atomic E-state index is 0.00290. The molecule has 0 unspecified atom stereocenters. The van der Waals surface area contributed by atoms with Crippen molar-refractivity contribution in [2.45, 2.75) is 23.7 Å². The van der Waals surface area contributed by atoms with E-state index < -0.39 is 42.7 Å². The lowest BCUT2D eigenvalue weighted by Gasteiger charge is -2.18. The molecule has 0 spiro atoms. The minimum Gasteiger partial charge on any atom is -0.394 e. The topological polar surface area (TPSA) is 171 Å². The van der Waals surface area contributed by atoms with Gasteiger partial charge < -0.3 is 35.4 Å². The van der Waals surface area contributed by atoms with E-state index in [1.165, 1.54) is 12.3 Å². The van der Waals surface area contributed by atoms with Crippen molar-refractivity contribution in [2.24, 2.45) is 0 Å². The van der Waals surface area contributed by atoms with Gasteiger partial charge in [0.1, 0.15) is 11.9 Å². The van der Waals surface area contributed by atoms with Crippen LogP contribution in [-0.4, -0.2) is 58.5 Å². The van der Waals surface area contributed by atoms with Crippen molar-refractivity contribution in [3.63, 3.8) is 0 Å². The van der Waals surface area contributed by atoms with Gasteiger partial charge in [-0.2, -0.15) is 4.98 Å². The fraction of sp³-hybridized carbons (Fsp3) is 0.556. The largest absolute Gasteiger partial charge is 0.394 e. The molecule has 1 fully saturated rings. The first-order chi connectivity index (χ1) is 9.73. The Bertz CT molecular complexity index is 624. The Morgan fingerprint density at radius 1 is 1.48 bits per heavy atom. The summed E-state index contributed by atoms with van der Waals surface area (Å²) in [6.45, 7) is -4.72. The van der Waals surface area contributed by atoms with Crippen molar-refractivity contribution in [3.05, 3.63) is 22.7 Å². The first-order valence-corrected chi connectivity index (χ1v) is 9.13. The SMILES string of the molecule is Nc1ccn([C@@H]2O[C@H](CO)[C@@H]([SH]=P(O)(O)O)[C@@H]2O)c(=O)n1. The van der Waals surface area contributed by atoms with Gasteiger partial charge in [-0.15, -0.1) is 10.9 Å². The molecule has 1 aromatic rings. The molecule has 10 nitrogen and oxygen atoms in total. The smallest absolute Gasteiger partial charge is 0.351 e. The molecule has 7 N–H and O–H groups in total. The van der Waals surface area contributed by atoms with Crippen LogP contribution in [0.2, 0.25) is 0 Å². The lowest BCUT2D eigenvalue weighted by atomic mass is 10.2. The van der Waals surface area contributed by atoms with Gasteiger partial charge in [0, 0.05) is 6.20 Å². The predicted molar refractivity (Wildman–Crippen MR) is 76.0 cm³/mol. The zero-order valence-corrected chi connectivity index (χ0v) is 12.4. The fourth-order valence-electron chi connectivity index (χ4n) is 2.05. The van der Waals surface area contributed by atoms with Crippen LogP contribution < -0.4 is 11.4 Å². The molecule has 0 bridgehead atoms. The third kappa shape index (κ3) is 3.71. The average molecular weight is 341 g/mol. The maximum Gasteiger partial charge on any atom is 0.351 e. The first-order valence-electron chi connectivity index (χ1n) is 5.81. The molecule has 120 valence electrons. The summed E-state index contributed by atoms with van der Waals surface area (Å²) in [5.74, 6) is 0.00290. The summed E-state index contributed by atoms with van der Waals surface area (Å²) in [5, 5.41) is 18.4. The zero-order valence-electron chi connectivity index (χ0n) is 10.6. The number of hydrogen-bond acceptors (Lipinski definition) is 6. The van der Waals surface area contributed by atoms with Crippen molar-refractivity contribution in [2.75, 3.05) is 12.3 Å². The summed E-state index contributed by atoms with van der Waals surface area (Å²) in [6.07, 6.45) is -2.22. The van der Waals surface area contributed by atoms with E-state index in [-0.39, 0.29) is 16.8 Å². The molecule has 1 saturated heterocycles. The molecule has 1 aliphatic rings. The molecule has 2 heterocycles.